The van der Waals surface area contributed by atoms with Crippen molar-refractivity contribution in [3.8, 4) is 17.2 Å². The number of hydrogen-bond donors (Lipinski definition) is 2. The maximum atomic E-state index is 13.7. The highest BCUT2D eigenvalue weighted by molar-refractivity contribution is 6.32. The average molecular weight is 512 g/mol. The summed E-state index contributed by atoms with van der Waals surface area (Å²) in [6.07, 6.45) is 0.544. The third kappa shape index (κ3) is 4.80. The van der Waals surface area contributed by atoms with E-state index in [0.717, 1.165) is 17.0 Å². The van der Waals surface area contributed by atoms with Crippen molar-refractivity contribution in [2.45, 2.75) is 51.6 Å². The van der Waals surface area contributed by atoms with Crippen molar-refractivity contribution in [3.63, 3.8) is 0 Å². The molecule has 0 fully saturated rings. The zero-order chi connectivity index (χ0) is 26.1. The molecule has 0 saturated carbocycles. The third-order valence-electron chi connectivity index (χ3n) is 6.58. The molecular weight excluding hydrogens is 482 g/mol. The zero-order valence-electron chi connectivity index (χ0n) is 21.0. The number of dihydropyridines is 1. The fourth-order valence-corrected chi connectivity index (χ4v) is 5.17. The summed E-state index contributed by atoms with van der Waals surface area (Å²) in [5.41, 5.74) is 3.81. The number of aromatic hydroxyl groups is 1. The lowest BCUT2D eigenvalue weighted by molar-refractivity contribution is -0.143. The summed E-state index contributed by atoms with van der Waals surface area (Å²) in [5, 5.41) is 13.7. The van der Waals surface area contributed by atoms with Crippen LogP contribution in [0.15, 0.2) is 58.9 Å². The van der Waals surface area contributed by atoms with Gasteiger partial charge in [0, 0.05) is 29.3 Å². The Hall–Kier alpha value is -3.45. The van der Waals surface area contributed by atoms with Crippen LogP contribution in [0.3, 0.4) is 0 Å². The molecule has 2 aromatic carbocycles. The van der Waals surface area contributed by atoms with Gasteiger partial charge in [0.25, 0.3) is 0 Å². The molecule has 0 unspecified atom stereocenters. The summed E-state index contributed by atoms with van der Waals surface area (Å²) in [5.74, 6) is -0.616. The van der Waals surface area contributed by atoms with Gasteiger partial charge >= 0.3 is 5.97 Å². The Balaban J connectivity index is 1.83. The van der Waals surface area contributed by atoms with E-state index in [4.69, 9.17) is 25.8 Å². The fourth-order valence-electron chi connectivity index (χ4n) is 4.95. The van der Waals surface area contributed by atoms with E-state index in [2.05, 4.69) is 5.32 Å². The van der Waals surface area contributed by atoms with E-state index in [0.29, 0.717) is 28.8 Å². The lowest BCUT2D eigenvalue weighted by Gasteiger charge is -2.37. The molecule has 0 aromatic heterocycles. The quantitative estimate of drug-likeness (QED) is 0.503. The summed E-state index contributed by atoms with van der Waals surface area (Å²) in [6, 6.07) is 10.9. The van der Waals surface area contributed by atoms with Crippen molar-refractivity contribution in [1.82, 2.24) is 5.32 Å². The van der Waals surface area contributed by atoms with Gasteiger partial charge in [-0.1, -0.05) is 23.7 Å². The van der Waals surface area contributed by atoms with E-state index in [9.17, 15) is 14.7 Å². The molecule has 0 radical (unpaired) electrons. The van der Waals surface area contributed by atoms with Crippen LogP contribution in [-0.2, 0) is 14.3 Å². The van der Waals surface area contributed by atoms with Crippen molar-refractivity contribution in [3.05, 3.63) is 75.1 Å². The highest BCUT2D eigenvalue weighted by atomic mass is 35.5. The number of rotatable bonds is 6. The highest BCUT2D eigenvalue weighted by Crippen LogP contribution is 2.48. The highest BCUT2D eigenvalue weighted by Gasteiger charge is 2.42. The Morgan fingerprint density at radius 3 is 2.39 bits per heavy atom. The Bertz CT molecular complexity index is 1260. The van der Waals surface area contributed by atoms with Crippen LogP contribution in [0.4, 0.5) is 0 Å². The molecular formula is C28H30ClNO6. The molecule has 1 aliphatic heterocycles. The van der Waals surface area contributed by atoms with Crippen molar-refractivity contribution < 1.29 is 28.9 Å². The Kier molecular flexibility index (Phi) is 7.31. The molecule has 2 N–H and O–H groups in total. The number of carbonyl (C=O) groups excluding carboxylic acids is 2. The molecule has 0 saturated heterocycles. The summed E-state index contributed by atoms with van der Waals surface area (Å²) in [6.45, 7) is 5.35. The average Bonchev–Trinajstić information content (AvgIpc) is 2.84. The van der Waals surface area contributed by atoms with Crippen LogP contribution in [0.25, 0.3) is 0 Å². The van der Waals surface area contributed by atoms with Gasteiger partial charge in [-0.15, -0.1) is 0 Å². The minimum Gasteiger partial charge on any atom is -0.503 e. The van der Waals surface area contributed by atoms with Gasteiger partial charge in [0.1, 0.15) is 5.75 Å². The third-order valence-corrected chi connectivity index (χ3v) is 6.87. The maximum absolute atomic E-state index is 13.7. The van der Waals surface area contributed by atoms with Gasteiger partial charge in [0.15, 0.2) is 17.3 Å². The largest absolute Gasteiger partial charge is 0.503 e. The second-order valence-electron chi connectivity index (χ2n) is 9.30. The number of methoxy groups -OCH3 is 2. The normalized spacial score (nSPS) is 19.7. The van der Waals surface area contributed by atoms with Gasteiger partial charge in [0.2, 0.25) is 0 Å². The Labute approximate surface area is 215 Å². The molecule has 1 aliphatic carbocycles. The number of ether oxygens (including phenoxy) is 3. The zero-order valence-corrected chi connectivity index (χ0v) is 21.7. The van der Waals surface area contributed by atoms with E-state index < -0.39 is 11.9 Å². The molecule has 4 rings (SSSR count). The molecule has 7 nitrogen and oxygen atoms in total. The standard InChI is InChI=1S/C28H30ClNO6/c1-14(2)36-28(33)24-15(3)30-21-11-17(16-6-8-19(34-4)9-7-16)12-22(31)26(21)25(24)18-10-20(29)27(32)23(13-18)35-5/h6-10,13-14,17,25,30,32H,11-12H2,1-5H3/t17-,25+/m1/s1. The maximum Gasteiger partial charge on any atom is 0.337 e. The van der Waals surface area contributed by atoms with Crippen LogP contribution < -0.4 is 14.8 Å². The molecule has 2 aromatic rings. The first-order chi connectivity index (χ1) is 17.1. The van der Waals surface area contributed by atoms with Gasteiger partial charge in [-0.2, -0.15) is 0 Å². The molecule has 190 valence electrons. The van der Waals surface area contributed by atoms with Gasteiger partial charge in [-0.3, -0.25) is 4.79 Å². The topological polar surface area (TPSA) is 94.1 Å². The fraction of sp³-hybridized carbons (Fsp3) is 0.357. The summed E-state index contributed by atoms with van der Waals surface area (Å²) >= 11 is 6.32. The van der Waals surface area contributed by atoms with E-state index >= 15 is 0 Å². The van der Waals surface area contributed by atoms with Gasteiger partial charge in [-0.25, -0.2) is 4.79 Å². The molecule has 36 heavy (non-hydrogen) atoms. The SMILES string of the molecule is COc1ccc([C@H]2CC(=O)C3=C(C2)NC(C)=C(C(=O)OC(C)C)[C@@H]3c2cc(Cl)c(O)c(OC)c2)cc1. The lowest BCUT2D eigenvalue weighted by atomic mass is 9.71. The number of Topliss-reactive ketones (excluding diaryl/α,β-unsaturated/α-hetero) is 1. The number of benzene rings is 2. The summed E-state index contributed by atoms with van der Waals surface area (Å²) in [4.78, 5) is 27.0. The number of phenolic OH excluding ortho intramolecular Hbond substituents is 1. The van der Waals surface area contributed by atoms with Gasteiger partial charge in [-0.05, 0) is 68.5 Å². The Morgan fingerprint density at radius 2 is 1.78 bits per heavy atom. The van der Waals surface area contributed by atoms with Gasteiger partial charge < -0.3 is 24.6 Å². The van der Waals surface area contributed by atoms with Crippen molar-refractivity contribution in [2.75, 3.05) is 14.2 Å². The Morgan fingerprint density at radius 1 is 1.08 bits per heavy atom. The first-order valence-corrected chi connectivity index (χ1v) is 12.2. The number of hydrogen-bond acceptors (Lipinski definition) is 7. The number of nitrogens with one attached hydrogen (secondary N) is 1. The van der Waals surface area contributed by atoms with Crippen LogP contribution in [0.5, 0.6) is 17.2 Å². The monoisotopic (exact) mass is 511 g/mol. The summed E-state index contributed by atoms with van der Waals surface area (Å²) in [7, 11) is 3.03. The molecule has 2 atom stereocenters. The second-order valence-corrected chi connectivity index (χ2v) is 9.71. The van der Waals surface area contributed by atoms with Crippen molar-refractivity contribution in [2.24, 2.45) is 0 Å². The molecule has 2 aliphatic rings. The number of allylic oxidation sites excluding steroid dienone is 3. The minimum atomic E-state index is -0.719. The lowest BCUT2D eigenvalue weighted by Crippen LogP contribution is -2.36. The van der Waals surface area contributed by atoms with Crippen molar-refractivity contribution in [1.29, 1.82) is 0 Å². The molecule has 1 heterocycles. The molecule has 8 heteroatoms. The van der Waals surface area contributed by atoms with E-state index in [1.165, 1.54) is 7.11 Å². The van der Waals surface area contributed by atoms with E-state index in [-0.39, 0.29) is 40.7 Å². The van der Waals surface area contributed by atoms with Crippen LogP contribution >= 0.6 is 11.6 Å². The predicted molar refractivity (Wildman–Crippen MR) is 136 cm³/mol. The van der Waals surface area contributed by atoms with Crippen LogP contribution in [-0.4, -0.2) is 37.2 Å². The van der Waals surface area contributed by atoms with Crippen LogP contribution in [0, 0.1) is 0 Å². The van der Waals surface area contributed by atoms with E-state index in [1.807, 2.05) is 24.3 Å². The predicted octanol–water partition coefficient (Wildman–Crippen LogP) is 5.38. The van der Waals surface area contributed by atoms with Crippen LogP contribution in [0.1, 0.15) is 56.6 Å². The minimum absolute atomic E-state index is 0.0230. The molecule has 0 spiro atoms. The first kappa shape index (κ1) is 25.6. The smallest absolute Gasteiger partial charge is 0.337 e. The summed E-state index contributed by atoms with van der Waals surface area (Å²) < 4.78 is 16.1. The van der Waals surface area contributed by atoms with Crippen LogP contribution in [0.2, 0.25) is 5.02 Å². The number of esters is 1. The van der Waals surface area contributed by atoms with E-state index in [1.54, 1.807) is 40.0 Å². The first-order valence-electron chi connectivity index (χ1n) is 11.8. The number of halogens is 1. The molecule has 0 amide bonds. The number of carbonyl (C=O) groups is 2. The number of phenols is 1. The molecule has 0 bridgehead atoms. The van der Waals surface area contributed by atoms with Crippen molar-refractivity contribution >= 4 is 23.4 Å². The van der Waals surface area contributed by atoms with Gasteiger partial charge in [0.05, 0.1) is 30.9 Å². The number of ketones is 1. The second kappa shape index (κ2) is 10.3.